The molecule has 3 aromatic rings. The second-order valence-electron chi connectivity index (χ2n) is 8.90. The second-order valence-corrected chi connectivity index (χ2v) is 9.77. The van der Waals surface area contributed by atoms with Crippen molar-refractivity contribution in [1.29, 1.82) is 0 Å². The molecule has 9 heteroatoms. The van der Waals surface area contributed by atoms with Crippen LogP contribution in [0.3, 0.4) is 0 Å². The van der Waals surface area contributed by atoms with Gasteiger partial charge >= 0.3 is 0 Å². The van der Waals surface area contributed by atoms with Crippen LogP contribution in [0.1, 0.15) is 42.5 Å². The summed E-state index contributed by atoms with van der Waals surface area (Å²) in [7, 11) is 0. The number of hydrogen-bond acceptors (Lipinski definition) is 5. The van der Waals surface area contributed by atoms with Gasteiger partial charge in [0.15, 0.2) is 0 Å². The number of aromatic nitrogens is 3. The summed E-state index contributed by atoms with van der Waals surface area (Å²) >= 11 is 12.2. The van der Waals surface area contributed by atoms with Gasteiger partial charge in [0.2, 0.25) is 17.8 Å². The highest BCUT2D eigenvalue weighted by Gasteiger charge is 2.49. The summed E-state index contributed by atoms with van der Waals surface area (Å²) in [5.41, 5.74) is 2.07. The fourth-order valence-corrected chi connectivity index (χ4v) is 5.39. The van der Waals surface area contributed by atoms with Crippen molar-refractivity contribution >= 4 is 46.9 Å². The Bertz CT molecular complexity index is 1280. The highest BCUT2D eigenvalue weighted by molar-refractivity contribution is 6.30. The number of nitrogens with one attached hydrogen (secondary N) is 1. The second kappa shape index (κ2) is 8.25. The maximum Gasteiger partial charge on any atom is 0.260 e. The first-order valence-corrected chi connectivity index (χ1v) is 12.0. The van der Waals surface area contributed by atoms with Crippen LogP contribution in [-0.4, -0.2) is 26.6 Å². The van der Waals surface area contributed by atoms with Crippen molar-refractivity contribution in [2.24, 2.45) is 11.8 Å². The molecular formula is C25H21Cl2N5O2. The molecular weight excluding hydrogens is 473 g/mol. The van der Waals surface area contributed by atoms with Crippen molar-refractivity contribution in [3.63, 3.8) is 0 Å². The number of fused-ring (bicyclic) bond motifs is 2. The third-order valence-corrected chi connectivity index (χ3v) is 7.42. The van der Waals surface area contributed by atoms with Gasteiger partial charge in [0.25, 0.3) is 5.95 Å². The fraction of sp³-hybridized carbons (Fsp3) is 0.280. The molecule has 0 unspecified atom stereocenters. The summed E-state index contributed by atoms with van der Waals surface area (Å²) in [5.74, 6) is -0.476. The third-order valence-electron chi connectivity index (χ3n) is 6.91. The summed E-state index contributed by atoms with van der Waals surface area (Å²) in [6.45, 7) is 0. The van der Waals surface area contributed by atoms with Crippen LogP contribution in [0.15, 0.2) is 60.7 Å². The van der Waals surface area contributed by atoms with Gasteiger partial charge in [0.1, 0.15) is 0 Å². The minimum atomic E-state index is -0.333. The zero-order chi connectivity index (χ0) is 23.4. The largest absolute Gasteiger partial charge is 0.347 e. The van der Waals surface area contributed by atoms with Crippen molar-refractivity contribution < 1.29 is 9.59 Å². The first-order valence-electron chi connectivity index (χ1n) is 11.3. The number of anilines is 2. The molecule has 6 rings (SSSR count). The van der Waals surface area contributed by atoms with E-state index in [2.05, 4.69) is 15.4 Å². The van der Waals surface area contributed by atoms with Gasteiger partial charge < -0.3 is 5.32 Å². The number of benzene rings is 2. The van der Waals surface area contributed by atoms with Gasteiger partial charge in [0.05, 0.1) is 23.9 Å². The van der Waals surface area contributed by atoms with Crippen LogP contribution < -0.4 is 10.2 Å². The van der Waals surface area contributed by atoms with E-state index in [-0.39, 0.29) is 41.7 Å². The summed E-state index contributed by atoms with van der Waals surface area (Å²) < 4.78 is 1.77. The molecule has 1 aromatic heterocycles. The SMILES string of the molecule is O=C1[C@H]2CC=CC[C@@H]2C(=O)N1c1nc2n(n1)[C@@H](c1ccc(Cl)cc1)C[C@@H](c1ccc(Cl)cc1)N2. The first kappa shape index (κ1) is 21.4. The van der Waals surface area contributed by atoms with E-state index in [1.165, 1.54) is 4.90 Å². The van der Waals surface area contributed by atoms with Crippen LogP contribution in [0.2, 0.25) is 10.0 Å². The Labute approximate surface area is 206 Å². The number of halogens is 2. The zero-order valence-electron chi connectivity index (χ0n) is 18.1. The molecule has 34 heavy (non-hydrogen) atoms. The lowest BCUT2D eigenvalue weighted by atomic mass is 9.85. The van der Waals surface area contributed by atoms with E-state index in [9.17, 15) is 9.59 Å². The highest BCUT2D eigenvalue weighted by Crippen LogP contribution is 2.41. The first-order chi connectivity index (χ1) is 16.5. The summed E-state index contributed by atoms with van der Waals surface area (Å²) in [4.78, 5) is 32.0. The molecule has 3 aliphatic rings. The molecule has 1 aliphatic carbocycles. The van der Waals surface area contributed by atoms with Crippen molar-refractivity contribution in [1.82, 2.24) is 14.8 Å². The number of carbonyl (C=O) groups is 2. The van der Waals surface area contributed by atoms with Crippen molar-refractivity contribution in [3.05, 3.63) is 81.9 Å². The molecule has 0 saturated carbocycles. The molecule has 7 nitrogen and oxygen atoms in total. The van der Waals surface area contributed by atoms with Gasteiger partial charge in [-0.3, -0.25) is 9.59 Å². The number of carbonyl (C=O) groups excluding carboxylic acids is 2. The molecule has 2 aliphatic heterocycles. The van der Waals surface area contributed by atoms with E-state index in [1.54, 1.807) is 4.68 Å². The Balaban J connectivity index is 1.40. The minimum Gasteiger partial charge on any atom is -0.347 e. The normalized spacial score (nSPS) is 25.8. The van der Waals surface area contributed by atoms with Crippen LogP contribution in [0, 0.1) is 11.8 Å². The zero-order valence-corrected chi connectivity index (χ0v) is 19.6. The summed E-state index contributed by atoms with van der Waals surface area (Å²) in [6.07, 6.45) is 5.77. The van der Waals surface area contributed by atoms with Gasteiger partial charge in [0, 0.05) is 10.0 Å². The molecule has 4 atom stereocenters. The van der Waals surface area contributed by atoms with E-state index < -0.39 is 0 Å². The van der Waals surface area contributed by atoms with Gasteiger partial charge in [-0.2, -0.15) is 4.98 Å². The van der Waals surface area contributed by atoms with Crippen LogP contribution in [0.5, 0.6) is 0 Å². The van der Waals surface area contributed by atoms with E-state index in [0.29, 0.717) is 35.3 Å². The molecule has 1 fully saturated rings. The number of rotatable bonds is 3. The summed E-state index contributed by atoms with van der Waals surface area (Å²) in [6, 6.07) is 15.1. The lowest BCUT2D eigenvalue weighted by Crippen LogP contribution is -2.32. The van der Waals surface area contributed by atoms with Crippen LogP contribution in [0.25, 0.3) is 0 Å². The number of allylic oxidation sites excluding steroid dienone is 2. The monoisotopic (exact) mass is 493 g/mol. The Morgan fingerprint density at radius 1 is 0.824 bits per heavy atom. The fourth-order valence-electron chi connectivity index (χ4n) is 5.13. The van der Waals surface area contributed by atoms with E-state index in [1.807, 2.05) is 60.7 Å². The molecule has 1 N–H and O–H groups in total. The average molecular weight is 494 g/mol. The Morgan fingerprint density at radius 2 is 1.38 bits per heavy atom. The van der Waals surface area contributed by atoms with Gasteiger partial charge in [-0.15, -0.1) is 5.10 Å². The smallest absolute Gasteiger partial charge is 0.260 e. The minimum absolute atomic E-state index is 0.0562. The molecule has 0 bridgehead atoms. The van der Waals surface area contributed by atoms with E-state index in [4.69, 9.17) is 23.2 Å². The van der Waals surface area contributed by atoms with Crippen molar-refractivity contribution in [3.8, 4) is 0 Å². The molecule has 3 heterocycles. The van der Waals surface area contributed by atoms with Gasteiger partial charge in [-0.25, -0.2) is 9.58 Å². The number of amides is 2. The predicted molar refractivity (Wildman–Crippen MR) is 130 cm³/mol. The maximum atomic E-state index is 13.1. The standard InChI is InChI=1S/C25H21Cl2N5O2/c26-16-9-5-14(6-10-16)20-13-21(15-7-11-17(27)12-8-15)32-24(28-20)29-25(30-32)31-22(33)18-3-1-2-4-19(18)23(31)34/h1-2,5-12,18-21H,3-4,13H2,(H,28,29,30)/t18-,19-,20-,21+/m0/s1. The lowest BCUT2D eigenvalue weighted by molar-refractivity contribution is -0.122. The summed E-state index contributed by atoms with van der Waals surface area (Å²) in [5, 5.41) is 9.42. The van der Waals surface area contributed by atoms with Crippen LogP contribution in [0.4, 0.5) is 11.9 Å². The molecule has 1 saturated heterocycles. The van der Waals surface area contributed by atoms with E-state index >= 15 is 0 Å². The van der Waals surface area contributed by atoms with Crippen molar-refractivity contribution in [2.45, 2.75) is 31.3 Å². The van der Waals surface area contributed by atoms with Crippen LogP contribution in [-0.2, 0) is 9.59 Å². The Morgan fingerprint density at radius 3 is 1.97 bits per heavy atom. The Kier molecular flexibility index (Phi) is 5.19. The lowest BCUT2D eigenvalue weighted by Gasteiger charge is -2.31. The number of nitrogens with zero attached hydrogens (tertiary/aromatic N) is 4. The molecule has 2 aromatic carbocycles. The van der Waals surface area contributed by atoms with Gasteiger partial charge in [-0.05, 0) is 54.7 Å². The molecule has 172 valence electrons. The van der Waals surface area contributed by atoms with Gasteiger partial charge in [-0.1, -0.05) is 59.6 Å². The maximum absolute atomic E-state index is 13.1. The van der Waals surface area contributed by atoms with E-state index in [0.717, 1.165) is 11.1 Å². The average Bonchev–Trinajstić information content (AvgIpc) is 3.38. The highest BCUT2D eigenvalue weighted by atomic mass is 35.5. The molecule has 0 radical (unpaired) electrons. The molecule has 2 amide bonds. The molecule has 0 spiro atoms. The third kappa shape index (κ3) is 3.51. The predicted octanol–water partition coefficient (Wildman–Crippen LogP) is 5.19. The number of imide groups is 1. The van der Waals surface area contributed by atoms with Crippen molar-refractivity contribution in [2.75, 3.05) is 10.2 Å². The number of hydrogen-bond donors (Lipinski definition) is 1. The quantitative estimate of drug-likeness (QED) is 0.401. The Hall–Kier alpha value is -3.16. The topological polar surface area (TPSA) is 80.1 Å². The van der Waals surface area contributed by atoms with Crippen LogP contribution >= 0.6 is 23.2 Å².